The van der Waals surface area contributed by atoms with Crippen LogP contribution in [0.1, 0.15) is 16.2 Å². The van der Waals surface area contributed by atoms with Crippen molar-refractivity contribution < 1.29 is 9.90 Å². The van der Waals surface area contributed by atoms with Crippen molar-refractivity contribution in [3.63, 3.8) is 0 Å². The molecule has 2 aromatic rings. The summed E-state index contributed by atoms with van der Waals surface area (Å²) in [5.41, 5.74) is 1.04. The molecule has 0 saturated heterocycles. The van der Waals surface area contributed by atoms with Gasteiger partial charge in [0.2, 0.25) is 0 Å². The lowest BCUT2D eigenvalue weighted by molar-refractivity contribution is 0.0685. The summed E-state index contributed by atoms with van der Waals surface area (Å²) in [7, 11) is 0. The van der Waals surface area contributed by atoms with Crippen molar-refractivity contribution in [3.8, 4) is 0 Å². The molecule has 1 N–H and O–H groups in total. The minimum absolute atomic E-state index is 0.258. The number of nitrogens with zero attached hydrogens (tertiary/aromatic N) is 3. The van der Waals surface area contributed by atoms with Gasteiger partial charge >= 0.3 is 5.97 Å². The van der Waals surface area contributed by atoms with E-state index in [0.717, 1.165) is 5.69 Å². The third-order valence-electron chi connectivity index (χ3n) is 2.02. The van der Waals surface area contributed by atoms with Crippen molar-refractivity contribution in [3.05, 3.63) is 48.3 Å². The predicted octanol–water partition coefficient (Wildman–Crippen LogP) is 1.02. The zero-order valence-electron chi connectivity index (χ0n) is 7.87. The van der Waals surface area contributed by atoms with Crippen LogP contribution in [0.5, 0.6) is 0 Å². The van der Waals surface area contributed by atoms with Crippen LogP contribution in [0.25, 0.3) is 0 Å². The van der Waals surface area contributed by atoms with E-state index in [1.165, 1.54) is 6.33 Å². The number of aromatic nitrogens is 3. The first-order valence-corrected chi connectivity index (χ1v) is 4.40. The summed E-state index contributed by atoms with van der Waals surface area (Å²) in [4.78, 5) is 18.6. The molecule has 2 rings (SSSR count). The number of aromatic carboxylic acids is 1. The van der Waals surface area contributed by atoms with Crippen molar-refractivity contribution in [2.24, 2.45) is 0 Å². The van der Waals surface area contributed by atoms with E-state index in [-0.39, 0.29) is 5.69 Å². The summed E-state index contributed by atoms with van der Waals surface area (Å²) in [6, 6.07) is 5.01. The molecule has 2 heterocycles. The second-order valence-electron chi connectivity index (χ2n) is 3.03. The molecule has 0 saturated carbocycles. The number of carboxylic acids is 1. The zero-order chi connectivity index (χ0) is 10.7. The minimum atomic E-state index is -0.936. The molecule has 0 unspecified atom stereocenters. The fourth-order valence-corrected chi connectivity index (χ4v) is 1.33. The van der Waals surface area contributed by atoms with Crippen LogP contribution in [0.2, 0.25) is 0 Å². The van der Waals surface area contributed by atoms with Crippen molar-refractivity contribution in [1.29, 1.82) is 0 Å². The van der Waals surface area contributed by atoms with Crippen molar-refractivity contribution in [2.45, 2.75) is 6.54 Å². The Morgan fingerprint density at radius 1 is 1.47 bits per heavy atom. The molecule has 0 radical (unpaired) electrons. The number of hydrogen-bond acceptors (Lipinski definition) is 3. The van der Waals surface area contributed by atoms with Gasteiger partial charge < -0.3 is 9.67 Å². The van der Waals surface area contributed by atoms with Crippen molar-refractivity contribution >= 4 is 5.97 Å². The number of rotatable bonds is 3. The molecule has 0 spiro atoms. The molecule has 0 aliphatic heterocycles. The lowest BCUT2D eigenvalue weighted by Crippen LogP contribution is -2.09. The monoisotopic (exact) mass is 203 g/mol. The normalized spacial score (nSPS) is 10.1. The number of hydrogen-bond donors (Lipinski definition) is 1. The van der Waals surface area contributed by atoms with Crippen LogP contribution in [-0.4, -0.2) is 25.6 Å². The van der Waals surface area contributed by atoms with E-state index < -0.39 is 5.97 Å². The van der Waals surface area contributed by atoms with Crippen molar-refractivity contribution in [2.75, 3.05) is 0 Å². The van der Waals surface area contributed by atoms with Crippen LogP contribution in [-0.2, 0) is 6.54 Å². The molecule has 2 aromatic heterocycles. The van der Waals surface area contributed by atoms with E-state index in [9.17, 15) is 4.79 Å². The fourth-order valence-electron chi connectivity index (χ4n) is 1.33. The fraction of sp³-hybridized carbons (Fsp3) is 0.100. The van der Waals surface area contributed by atoms with Crippen LogP contribution in [0.3, 0.4) is 0 Å². The molecule has 76 valence electrons. The lowest BCUT2D eigenvalue weighted by atomic mass is 10.4. The van der Waals surface area contributed by atoms with E-state index in [4.69, 9.17) is 5.11 Å². The molecular formula is C10H9N3O2. The maximum Gasteiger partial charge on any atom is 0.352 e. The summed E-state index contributed by atoms with van der Waals surface area (Å²) < 4.78 is 1.63. The summed E-state index contributed by atoms with van der Waals surface area (Å²) in [6.45, 7) is 0.442. The van der Waals surface area contributed by atoms with Gasteiger partial charge in [-0.25, -0.2) is 14.8 Å². The Labute approximate surface area is 86.0 Å². The highest BCUT2D eigenvalue weighted by molar-refractivity contribution is 5.85. The smallest absolute Gasteiger partial charge is 0.352 e. The second-order valence-corrected chi connectivity index (χ2v) is 3.03. The molecule has 0 bridgehead atoms. The predicted molar refractivity (Wildman–Crippen MR) is 52.5 cm³/mol. The molecule has 0 amide bonds. The first kappa shape index (κ1) is 9.39. The van der Waals surface area contributed by atoms with Crippen LogP contribution < -0.4 is 0 Å². The van der Waals surface area contributed by atoms with Gasteiger partial charge in [0, 0.05) is 12.4 Å². The van der Waals surface area contributed by atoms with Crippen LogP contribution in [0.15, 0.2) is 36.9 Å². The topological polar surface area (TPSA) is 68.0 Å². The summed E-state index contributed by atoms with van der Waals surface area (Å²) in [5, 5.41) is 8.88. The summed E-state index contributed by atoms with van der Waals surface area (Å²) in [5.74, 6) is -0.936. The van der Waals surface area contributed by atoms with E-state index in [2.05, 4.69) is 9.97 Å². The lowest BCUT2D eigenvalue weighted by Gasteiger charge is -2.04. The SMILES string of the molecule is O=C(O)c1cccn1Cc1ccncn1. The maximum absolute atomic E-state index is 10.8. The third kappa shape index (κ3) is 2.01. The summed E-state index contributed by atoms with van der Waals surface area (Å²) in [6.07, 6.45) is 4.79. The van der Waals surface area contributed by atoms with Gasteiger partial charge in [-0.15, -0.1) is 0 Å². The Morgan fingerprint density at radius 3 is 3.00 bits per heavy atom. The van der Waals surface area contributed by atoms with E-state index in [1.807, 2.05) is 0 Å². The minimum Gasteiger partial charge on any atom is -0.477 e. The second kappa shape index (κ2) is 3.91. The highest BCUT2D eigenvalue weighted by Gasteiger charge is 2.08. The standard InChI is InChI=1S/C10H9N3O2/c14-10(15)9-2-1-5-13(9)6-8-3-4-11-7-12-8/h1-5,7H,6H2,(H,14,15). The van der Waals surface area contributed by atoms with Gasteiger partial charge in [0.15, 0.2) is 0 Å². The third-order valence-corrected chi connectivity index (χ3v) is 2.02. The molecule has 5 heteroatoms. The molecule has 15 heavy (non-hydrogen) atoms. The van der Waals surface area contributed by atoms with E-state index >= 15 is 0 Å². The van der Waals surface area contributed by atoms with E-state index in [0.29, 0.717) is 6.54 Å². The highest BCUT2D eigenvalue weighted by atomic mass is 16.4. The first-order chi connectivity index (χ1) is 7.27. The van der Waals surface area contributed by atoms with Gasteiger partial charge in [0.05, 0.1) is 12.2 Å². The molecule has 5 nitrogen and oxygen atoms in total. The maximum atomic E-state index is 10.8. The Hall–Kier alpha value is -2.17. The molecule has 0 aliphatic carbocycles. The molecular weight excluding hydrogens is 194 g/mol. The Bertz CT molecular complexity index is 465. The molecule has 0 atom stereocenters. The quantitative estimate of drug-likeness (QED) is 0.808. The van der Waals surface area contributed by atoms with Crippen LogP contribution >= 0.6 is 0 Å². The first-order valence-electron chi connectivity index (χ1n) is 4.40. The van der Waals surface area contributed by atoms with Gasteiger partial charge in [-0.3, -0.25) is 0 Å². The van der Waals surface area contributed by atoms with Crippen LogP contribution in [0, 0.1) is 0 Å². The zero-order valence-corrected chi connectivity index (χ0v) is 7.87. The van der Waals surface area contributed by atoms with Gasteiger partial charge in [-0.2, -0.15) is 0 Å². The van der Waals surface area contributed by atoms with Crippen molar-refractivity contribution in [1.82, 2.24) is 14.5 Å². The van der Waals surface area contributed by atoms with Gasteiger partial charge in [-0.05, 0) is 18.2 Å². The average molecular weight is 203 g/mol. The van der Waals surface area contributed by atoms with Gasteiger partial charge in [0.25, 0.3) is 0 Å². The number of carbonyl (C=O) groups is 1. The largest absolute Gasteiger partial charge is 0.477 e. The average Bonchev–Trinajstić information content (AvgIpc) is 2.67. The summed E-state index contributed by atoms with van der Waals surface area (Å²) >= 11 is 0. The van der Waals surface area contributed by atoms with Gasteiger partial charge in [0.1, 0.15) is 12.0 Å². The Morgan fingerprint density at radius 2 is 2.33 bits per heavy atom. The Balaban J connectivity index is 2.25. The van der Waals surface area contributed by atoms with E-state index in [1.54, 1.807) is 35.2 Å². The Kier molecular flexibility index (Phi) is 2.45. The molecule has 0 aromatic carbocycles. The number of carboxylic acid groups (broad SMARTS) is 1. The molecule has 0 aliphatic rings. The molecule has 0 fully saturated rings. The van der Waals surface area contributed by atoms with Gasteiger partial charge in [-0.1, -0.05) is 0 Å². The van der Waals surface area contributed by atoms with Crippen LogP contribution in [0.4, 0.5) is 0 Å². The highest BCUT2D eigenvalue weighted by Crippen LogP contribution is 2.05.